The third kappa shape index (κ3) is 4.81. The molecule has 0 bridgehead atoms. The van der Waals surface area contributed by atoms with Crippen molar-refractivity contribution in [1.82, 2.24) is 5.32 Å². The molecule has 108 valence electrons. The van der Waals surface area contributed by atoms with Gasteiger partial charge >= 0.3 is 6.18 Å². The predicted octanol–water partition coefficient (Wildman–Crippen LogP) is 2.15. The van der Waals surface area contributed by atoms with Gasteiger partial charge in [0.1, 0.15) is 0 Å². The molecule has 3 nitrogen and oxygen atoms in total. The number of hydrogen-bond acceptors (Lipinski definition) is 3. The summed E-state index contributed by atoms with van der Waals surface area (Å²) in [5.41, 5.74) is -1.90. The molecule has 0 aliphatic heterocycles. The fourth-order valence-corrected chi connectivity index (χ4v) is 1.64. The Kier molecular flexibility index (Phi) is 5.34. The lowest BCUT2D eigenvalue weighted by Crippen LogP contribution is -2.37. The summed E-state index contributed by atoms with van der Waals surface area (Å²) in [6.45, 7) is 2.62. The predicted molar refractivity (Wildman–Crippen MR) is 65.8 cm³/mol. The third-order valence-corrected chi connectivity index (χ3v) is 2.76. The van der Waals surface area contributed by atoms with Crippen LogP contribution in [-0.2, 0) is 16.5 Å². The van der Waals surface area contributed by atoms with Crippen LogP contribution in [0.4, 0.5) is 13.2 Å². The minimum Gasteiger partial charge on any atom is -0.384 e. The van der Waals surface area contributed by atoms with E-state index < -0.39 is 17.3 Å². The van der Waals surface area contributed by atoms with Gasteiger partial charge in [0.2, 0.25) is 0 Å². The smallest absolute Gasteiger partial charge is 0.384 e. The highest BCUT2D eigenvalue weighted by molar-refractivity contribution is 5.29. The molecule has 0 aliphatic rings. The van der Waals surface area contributed by atoms with Crippen LogP contribution in [0.1, 0.15) is 18.1 Å². The molecule has 0 aromatic heterocycles. The molecule has 1 aromatic rings. The van der Waals surface area contributed by atoms with E-state index >= 15 is 0 Å². The number of hydrogen-bond donors (Lipinski definition) is 2. The van der Waals surface area contributed by atoms with Gasteiger partial charge in [-0.15, -0.1) is 0 Å². The normalized spacial score (nSPS) is 15.3. The van der Waals surface area contributed by atoms with E-state index in [1.807, 2.05) is 0 Å². The third-order valence-electron chi connectivity index (χ3n) is 2.76. The SMILES string of the molecule is COCCNCC(C)(O)c1cccc(C(F)(F)F)c1. The summed E-state index contributed by atoms with van der Waals surface area (Å²) in [5, 5.41) is 13.1. The van der Waals surface area contributed by atoms with Crippen LogP contribution < -0.4 is 5.32 Å². The Labute approximate surface area is 110 Å². The van der Waals surface area contributed by atoms with Gasteiger partial charge in [0.15, 0.2) is 0 Å². The van der Waals surface area contributed by atoms with Gasteiger partial charge in [-0.05, 0) is 24.6 Å². The van der Waals surface area contributed by atoms with Gasteiger partial charge in [-0.2, -0.15) is 13.2 Å². The van der Waals surface area contributed by atoms with Crippen LogP contribution in [0.2, 0.25) is 0 Å². The summed E-state index contributed by atoms with van der Waals surface area (Å²) >= 11 is 0. The van der Waals surface area contributed by atoms with Crippen LogP contribution in [0, 0.1) is 0 Å². The molecule has 0 amide bonds. The highest BCUT2D eigenvalue weighted by Gasteiger charge is 2.32. The van der Waals surface area contributed by atoms with Crippen LogP contribution in [0.25, 0.3) is 0 Å². The summed E-state index contributed by atoms with van der Waals surface area (Å²) in [5.74, 6) is 0. The first-order valence-corrected chi connectivity index (χ1v) is 5.87. The quantitative estimate of drug-likeness (QED) is 0.783. The minimum absolute atomic E-state index is 0.150. The molecule has 1 rings (SSSR count). The first kappa shape index (κ1) is 15.9. The zero-order chi connectivity index (χ0) is 14.5. The average Bonchev–Trinajstić information content (AvgIpc) is 2.34. The van der Waals surface area contributed by atoms with Crippen LogP contribution in [0.15, 0.2) is 24.3 Å². The van der Waals surface area contributed by atoms with Gasteiger partial charge in [0.25, 0.3) is 0 Å². The molecule has 6 heteroatoms. The number of alkyl halides is 3. The number of nitrogens with one attached hydrogen (secondary N) is 1. The highest BCUT2D eigenvalue weighted by Crippen LogP contribution is 2.31. The minimum atomic E-state index is -4.41. The van der Waals surface area contributed by atoms with Crippen molar-refractivity contribution in [3.63, 3.8) is 0 Å². The van der Waals surface area contributed by atoms with Gasteiger partial charge in [-0.25, -0.2) is 0 Å². The van der Waals surface area contributed by atoms with E-state index in [-0.39, 0.29) is 12.1 Å². The molecule has 0 saturated heterocycles. The lowest BCUT2D eigenvalue weighted by atomic mass is 9.94. The molecule has 2 N–H and O–H groups in total. The van der Waals surface area contributed by atoms with E-state index in [0.717, 1.165) is 12.1 Å². The number of rotatable bonds is 6. The maximum atomic E-state index is 12.6. The first-order chi connectivity index (χ1) is 8.77. The fourth-order valence-electron chi connectivity index (χ4n) is 1.64. The second-order valence-electron chi connectivity index (χ2n) is 4.52. The molecule has 0 saturated carbocycles. The molecule has 1 atom stereocenters. The number of halogens is 3. The second-order valence-corrected chi connectivity index (χ2v) is 4.52. The van der Waals surface area contributed by atoms with E-state index in [1.54, 1.807) is 7.11 Å². The van der Waals surface area contributed by atoms with E-state index in [4.69, 9.17) is 4.74 Å². The molecule has 0 aliphatic carbocycles. The van der Waals surface area contributed by atoms with Crippen LogP contribution in [0.3, 0.4) is 0 Å². The van der Waals surface area contributed by atoms with Crippen molar-refractivity contribution in [2.24, 2.45) is 0 Å². The summed E-state index contributed by atoms with van der Waals surface area (Å²) in [6.07, 6.45) is -4.41. The summed E-state index contributed by atoms with van der Waals surface area (Å²) in [4.78, 5) is 0. The Balaban J connectivity index is 2.77. The average molecular weight is 277 g/mol. The topological polar surface area (TPSA) is 41.5 Å². The first-order valence-electron chi connectivity index (χ1n) is 5.87. The number of aliphatic hydroxyl groups is 1. The fraction of sp³-hybridized carbons (Fsp3) is 0.538. The van der Waals surface area contributed by atoms with Crippen molar-refractivity contribution >= 4 is 0 Å². The Bertz CT molecular complexity index is 405. The zero-order valence-corrected chi connectivity index (χ0v) is 10.9. The van der Waals surface area contributed by atoms with Crippen molar-refractivity contribution in [1.29, 1.82) is 0 Å². The standard InChI is InChI=1S/C13H18F3NO2/c1-12(18,9-17-6-7-19-2)10-4-3-5-11(8-10)13(14,15)16/h3-5,8,17-18H,6-7,9H2,1-2H3. The largest absolute Gasteiger partial charge is 0.416 e. The Morgan fingerprint density at radius 2 is 1.89 bits per heavy atom. The van der Waals surface area contributed by atoms with Crippen molar-refractivity contribution in [3.05, 3.63) is 35.4 Å². The van der Waals surface area contributed by atoms with Crippen LogP contribution in [0.5, 0.6) is 0 Å². The van der Waals surface area contributed by atoms with Gasteiger partial charge in [0, 0.05) is 20.2 Å². The molecule has 1 aromatic carbocycles. The van der Waals surface area contributed by atoms with E-state index in [1.165, 1.54) is 19.1 Å². The number of methoxy groups -OCH3 is 1. The van der Waals surface area contributed by atoms with Crippen molar-refractivity contribution in [3.8, 4) is 0 Å². The lowest BCUT2D eigenvalue weighted by molar-refractivity contribution is -0.137. The molecular weight excluding hydrogens is 259 g/mol. The van der Waals surface area contributed by atoms with Gasteiger partial charge < -0.3 is 15.2 Å². The molecule has 0 radical (unpaired) electrons. The highest BCUT2D eigenvalue weighted by atomic mass is 19.4. The zero-order valence-electron chi connectivity index (χ0n) is 10.9. The van der Waals surface area contributed by atoms with Crippen LogP contribution in [-0.4, -0.2) is 31.9 Å². The molecule has 0 fully saturated rings. The van der Waals surface area contributed by atoms with Crippen LogP contribution >= 0.6 is 0 Å². The van der Waals surface area contributed by atoms with Gasteiger partial charge in [0.05, 0.1) is 17.8 Å². The van der Waals surface area contributed by atoms with Crippen molar-refractivity contribution < 1.29 is 23.0 Å². The Hall–Kier alpha value is -1.11. The van der Waals surface area contributed by atoms with E-state index in [0.29, 0.717) is 13.2 Å². The summed E-state index contributed by atoms with van der Waals surface area (Å²) < 4.78 is 42.6. The number of ether oxygens (including phenoxy) is 1. The monoisotopic (exact) mass is 277 g/mol. The van der Waals surface area contributed by atoms with E-state index in [2.05, 4.69) is 5.32 Å². The van der Waals surface area contributed by atoms with Gasteiger partial charge in [-0.1, -0.05) is 12.1 Å². The molecular formula is C13H18F3NO2. The van der Waals surface area contributed by atoms with Gasteiger partial charge in [-0.3, -0.25) is 0 Å². The van der Waals surface area contributed by atoms with Crippen molar-refractivity contribution in [2.75, 3.05) is 26.8 Å². The second kappa shape index (κ2) is 6.36. The maximum Gasteiger partial charge on any atom is 0.416 e. The maximum absolute atomic E-state index is 12.6. The Morgan fingerprint density at radius 1 is 1.26 bits per heavy atom. The molecule has 0 heterocycles. The molecule has 1 unspecified atom stereocenters. The summed E-state index contributed by atoms with van der Waals surface area (Å²) in [6, 6.07) is 4.73. The molecule has 19 heavy (non-hydrogen) atoms. The lowest BCUT2D eigenvalue weighted by Gasteiger charge is -2.25. The number of benzene rings is 1. The molecule has 0 spiro atoms. The van der Waals surface area contributed by atoms with E-state index in [9.17, 15) is 18.3 Å². The Morgan fingerprint density at radius 3 is 2.47 bits per heavy atom. The summed E-state index contributed by atoms with van der Waals surface area (Å²) in [7, 11) is 1.55. The van der Waals surface area contributed by atoms with Crippen molar-refractivity contribution in [2.45, 2.75) is 18.7 Å².